The van der Waals surface area contributed by atoms with E-state index in [4.69, 9.17) is 4.74 Å². The summed E-state index contributed by atoms with van der Waals surface area (Å²) in [6, 6.07) is 0. The Labute approximate surface area is 74.7 Å². The average Bonchev–Trinajstić information content (AvgIpc) is 2.06. The maximum absolute atomic E-state index is 5.38. The zero-order valence-corrected chi connectivity index (χ0v) is 7.84. The van der Waals surface area contributed by atoms with Gasteiger partial charge >= 0.3 is 0 Å². The molecule has 1 heteroatoms. The molecule has 0 saturated heterocycles. The number of hydrogen-bond donors (Lipinski definition) is 0. The normalized spacial score (nSPS) is 12.5. The second-order valence-corrected chi connectivity index (χ2v) is 2.34. The summed E-state index contributed by atoms with van der Waals surface area (Å²) < 4.78 is 5.38. The van der Waals surface area contributed by atoms with Crippen molar-refractivity contribution in [1.29, 1.82) is 0 Å². The van der Waals surface area contributed by atoms with E-state index < -0.39 is 0 Å². The van der Waals surface area contributed by atoms with Crippen molar-refractivity contribution in [3.05, 3.63) is 48.8 Å². The molecule has 0 rings (SSSR count). The zero-order valence-electron chi connectivity index (χ0n) is 7.84. The van der Waals surface area contributed by atoms with Gasteiger partial charge in [-0.25, -0.2) is 0 Å². The highest BCUT2D eigenvalue weighted by Gasteiger charge is 1.96. The van der Waals surface area contributed by atoms with E-state index in [0.29, 0.717) is 6.61 Å². The molecule has 0 aromatic carbocycles. The minimum absolute atomic E-state index is 0.544. The van der Waals surface area contributed by atoms with Gasteiger partial charge in [0.05, 0.1) is 0 Å². The fourth-order valence-electron chi connectivity index (χ4n) is 0.832. The van der Waals surface area contributed by atoms with Gasteiger partial charge in [-0.2, -0.15) is 0 Å². The lowest BCUT2D eigenvalue weighted by atomic mass is 10.2. The molecular formula is C11H16O. The molecular weight excluding hydrogens is 148 g/mol. The van der Waals surface area contributed by atoms with Crippen LogP contribution in [0.15, 0.2) is 48.8 Å². The van der Waals surface area contributed by atoms with Crippen molar-refractivity contribution < 1.29 is 4.74 Å². The lowest BCUT2D eigenvalue weighted by Crippen LogP contribution is -1.93. The van der Waals surface area contributed by atoms with Crippen molar-refractivity contribution in [3.8, 4) is 0 Å². The summed E-state index contributed by atoms with van der Waals surface area (Å²) in [7, 11) is 0. The van der Waals surface area contributed by atoms with Crippen LogP contribution in [0.1, 0.15) is 13.8 Å². The van der Waals surface area contributed by atoms with Gasteiger partial charge in [-0.3, -0.25) is 0 Å². The van der Waals surface area contributed by atoms with Crippen LogP contribution in [0.4, 0.5) is 0 Å². The Morgan fingerprint density at radius 1 is 1.42 bits per heavy atom. The highest BCUT2D eigenvalue weighted by molar-refractivity contribution is 5.26. The maximum atomic E-state index is 5.38. The summed E-state index contributed by atoms with van der Waals surface area (Å²) in [6.07, 6.45) is 7.32. The summed E-state index contributed by atoms with van der Waals surface area (Å²) in [4.78, 5) is 0. The summed E-state index contributed by atoms with van der Waals surface area (Å²) in [5.41, 5.74) is 1.08. The third-order valence-electron chi connectivity index (χ3n) is 1.38. The van der Waals surface area contributed by atoms with Crippen LogP contribution in [0.5, 0.6) is 0 Å². The molecule has 0 bridgehead atoms. The smallest absolute Gasteiger partial charge is 0.118 e. The Bertz CT molecular complexity index is 209. The largest absolute Gasteiger partial charge is 0.490 e. The van der Waals surface area contributed by atoms with Crippen LogP contribution in [0.2, 0.25) is 0 Å². The summed E-state index contributed by atoms with van der Waals surface area (Å²) in [6.45, 7) is 11.7. The van der Waals surface area contributed by atoms with Crippen molar-refractivity contribution in [1.82, 2.24) is 0 Å². The molecule has 0 saturated carbocycles. The molecule has 0 atom stereocenters. The molecule has 12 heavy (non-hydrogen) atoms. The first-order chi connectivity index (χ1) is 5.76. The van der Waals surface area contributed by atoms with Gasteiger partial charge in [-0.05, 0) is 25.5 Å². The zero-order chi connectivity index (χ0) is 9.40. The topological polar surface area (TPSA) is 9.23 Å². The molecule has 0 aliphatic carbocycles. The molecule has 0 heterocycles. The highest BCUT2D eigenvalue weighted by Crippen LogP contribution is 2.10. The van der Waals surface area contributed by atoms with Gasteiger partial charge in [0.15, 0.2) is 0 Å². The van der Waals surface area contributed by atoms with E-state index in [1.807, 2.05) is 26.0 Å². The molecule has 0 aromatic heterocycles. The van der Waals surface area contributed by atoms with E-state index in [2.05, 4.69) is 13.2 Å². The summed E-state index contributed by atoms with van der Waals surface area (Å²) in [5, 5.41) is 0. The predicted octanol–water partition coefficient (Wildman–Crippen LogP) is 3.23. The van der Waals surface area contributed by atoms with Gasteiger partial charge < -0.3 is 4.74 Å². The third-order valence-corrected chi connectivity index (χ3v) is 1.38. The molecule has 0 fully saturated rings. The van der Waals surface area contributed by atoms with Gasteiger partial charge in [0.1, 0.15) is 12.4 Å². The van der Waals surface area contributed by atoms with E-state index in [1.54, 1.807) is 12.2 Å². The number of hydrogen-bond acceptors (Lipinski definition) is 1. The number of ether oxygens (including phenoxy) is 1. The van der Waals surface area contributed by atoms with Gasteiger partial charge in [-0.1, -0.05) is 31.4 Å². The van der Waals surface area contributed by atoms with Crippen LogP contribution in [-0.4, -0.2) is 6.61 Å². The second kappa shape index (κ2) is 6.47. The first-order valence-corrected chi connectivity index (χ1v) is 3.96. The molecule has 0 aliphatic rings. The van der Waals surface area contributed by atoms with Crippen LogP contribution in [0.3, 0.4) is 0 Å². The molecule has 0 spiro atoms. The fraction of sp³-hybridized carbons (Fsp3) is 0.273. The summed E-state index contributed by atoms with van der Waals surface area (Å²) >= 11 is 0. The van der Waals surface area contributed by atoms with Crippen molar-refractivity contribution in [3.63, 3.8) is 0 Å². The molecule has 0 unspecified atom stereocenters. The van der Waals surface area contributed by atoms with Crippen molar-refractivity contribution in [2.45, 2.75) is 13.8 Å². The van der Waals surface area contributed by atoms with Crippen molar-refractivity contribution >= 4 is 0 Å². The quantitative estimate of drug-likeness (QED) is 0.344. The molecule has 0 amide bonds. The van der Waals surface area contributed by atoms with E-state index >= 15 is 0 Å². The Morgan fingerprint density at radius 2 is 2.08 bits per heavy atom. The Hall–Kier alpha value is -1.24. The van der Waals surface area contributed by atoms with Crippen LogP contribution in [0, 0.1) is 0 Å². The van der Waals surface area contributed by atoms with Crippen molar-refractivity contribution in [2.24, 2.45) is 0 Å². The lowest BCUT2D eigenvalue weighted by molar-refractivity contribution is 0.256. The Kier molecular flexibility index (Phi) is 5.80. The molecule has 0 aliphatic heterocycles. The van der Waals surface area contributed by atoms with Gasteiger partial charge in [0, 0.05) is 0 Å². The Morgan fingerprint density at radius 3 is 2.50 bits per heavy atom. The average molecular weight is 164 g/mol. The van der Waals surface area contributed by atoms with E-state index in [1.165, 1.54) is 0 Å². The van der Waals surface area contributed by atoms with Crippen LogP contribution < -0.4 is 0 Å². The molecule has 0 aromatic rings. The van der Waals surface area contributed by atoms with Gasteiger partial charge in [-0.15, -0.1) is 0 Å². The van der Waals surface area contributed by atoms with Crippen LogP contribution in [0.25, 0.3) is 0 Å². The fourth-order valence-corrected chi connectivity index (χ4v) is 0.832. The molecule has 0 N–H and O–H groups in total. The SMILES string of the molecule is C=C/C=C(C)\C(=C/C)OCC=C. The minimum atomic E-state index is 0.544. The number of rotatable bonds is 5. The van der Waals surface area contributed by atoms with E-state index in [-0.39, 0.29) is 0 Å². The standard InChI is InChI=1S/C11H16O/c1-5-8-10(4)11(7-3)12-9-6-2/h5-8H,1-2,9H2,3-4H3/b10-8-,11-7+. The number of allylic oxidation sites excluding steroid dienone is 4. The molecule has 1 nitrogen and oxygen atoms in total. The second-order valence-electron chi connectivity index (χ2n) is 2.34. The van der Waals surface area contributed by atoms with E-state index in [0.717, 1.165) is 11.3 Å². The third kappa shape index (κ3) is 3.81. The molecule has 66 valence electrons. The predicted molar refractivity (Wildman–Crippen MR) is 53.9 cm³/mol. The van der Waals surface area contributed by atoms with Crippen LogP contribution >= 0.6 is 0 Å². The first kappa shape index (κ1) is 10.8. The lowest BCUT2D eigenvalue weighted by Gasteiger charge is -2.07. The van der Waals surface area contributed by atoms with Gasteiger partial charge in [0.2, 0.25) is 0 Å². The van der Waals surface area contributed by atoms with Crippen molar-refractivity contribution in [2.75, 3.05) is 6.61 Å². The van der Waals surface area contributed by atoms with Gasteiger partial charge in [0.25, 0.3) is 0 Å². The summed E-state index contributed by atoms with van der Waals surface area (Å²) in [5.74, 6) is 0.884. The maximum Gasteiger partial charge on any atom is 0.118 e. The monoisotopic (exact) mass is 164 g/mol. The molecule has 0 radical (unpaired) electrons. The van der Waals surface area contributed by atoms with Crippen LogP contribution in [-0.2, 0) is 4.74 Å². The minimum Gasteiger partial charge on any atom is -0.490 e. The Balaban J connectivity index is 4.25. The highest BCUT2D eigenvalue weighted by atomic mass is 16.5. The van der Waals surface area contributed by atoms with E-state index in [9.17, 15) is 0 Å². The first-order valence-electron chi connectivity index (χ1n) is 3.96.